The van der Waals surface area contributed by atoms with Gasteiger partial charge in [-0.2, -0.15) is 0 Å². The lowest BCUT2D eigenvalue weighted by Gasteiger charge is -2.29. The average Bonchev–Trinajstić information content (AvgIpc) is 2.95. The van der Waals surface area contributed by atoms with Crippen LogP contribution in [0.4, 0.5) is 0 Å². The third kappa shape index (κ3) is 6.05. The number of carbonyl (C=O) groups is 1. The Bertz CT molecular complexity index is 542. The maximum Gasteiger partial charge on any atom is 0.244 e. The van der Waals surface area contributed by atoms with Gasteiger partial charge < -0.3 is 10.1 Å². The fourth-order valence-electron chi connectivity index (χ4n) is 2.38. The molecule has 128 valence electrons. The van der Waals surface area contributed by atoms with Gasteiger partial charge in [0.05, 0.1) is 18.2 Å². The maximum atomic E-state index is 12.0. The molecule has 0 unspecified atom stereocenters. The zero-order chi connectivity index (χ0) is 16.9. The first-order valence-corrected chi connectivity index (χ1v) is 8.91. The molecule has 0 saturated carbocycles. The van der Waals surface area contributed by atoms with Gasteiger partial charge in [-0.05, 0) is 13.0 Å². The summed E-state index contributed by atoms with van der Waals surface area (Å²) >= 11 is 1.63. The molecule has 1 atom stereocenters. The number of amides is 1. The molecule has 1 aromatic heterocycles. The van der Waals surface area contributed by atoms with Gasteiger partial charge in [-0.3, -0.25) is 9.69 Å². The Labute approximate surface area is 142 Å². The predicted octanol–water partition coefficient (Wildman–Crippen LogP) is 2.29. The van der Waals surface area contributed by atoms with Gasteiger partial charge in [0, 0.05) is 48.2 Å². The van der Waals surface area contributed by atoms with E-state index in [1.54, 1.807) is 17.4 Å². The van der Waals surface area contributed by atoms with Crippen LogP contribution in [-0.4, -0.2) is 54.7 Å². The topological polar surface area (TPSA) is 54.5 Å². The van der Waals surface area contributed by atoms with Gasteiger partial charge in [0.15, 0.2) is 0 Å². The first-order chi connectivity index (χ1) is 10.8. The van der Waals surface area contributed by atoms with E-state index < -0.39 is 0 Å². The van der Waals surface area contributed by atoms with Crippen LogP contribution in [0.25, 0.3) is 6.08 Å². The lowest BCUT2D eigenvalue weighted by molar-refractivity contribution is -0.117. The van der Waals surface area contributed by atoms with Crippen LogP contribution in [0.15, 0.2) is 12.3 Å². The van der Waals surface area contributed by atoms with Gasteiger partial charge in [-0.15, -0.1) is 11.3 Å². The van der Waals surface area contributed by atoms with E-state index in [0.29, 0.717) is 0 Å². The quantitative estimate of drug-likeness (QED) is 0.838. The zero-order valence-corrected chi connectivity index (χ0v) is 15.3. The monoisotopic (exact) mass is 337 g/mol. The molecule has 0 radical (unpaired) electrons. The molecule has 0 aliphatic carbocycles. The number of aromatic nitrogens is 1. The van der Waals surface area contributed by atoms with E-state index in [1.165, 1.54) is 0 Å². The van der Waals surface area contributed by atoms with E-state index in [0.717, 1.165) is 42.7 Å². The van der Waals surface area contributed by atoms with Crippen LogP contribution in [0.3, 0.4) is 0 Å². The molecule has 0 aromatic carbocycles. The summed E-state index contributed by atoms with van der Waals surface area (Å²) in [5, 5.41) is 4.09. The van der Waals surface area contributed by atoms with Crippen LogP contribution in [0.5, 0.6) is 0 Å². The van der Waals surface area contributed by atoms with Crippen LogP contribution in [0.2, 0.25) is 0 Å². The second kappa shape index (κ2) is 8.04. The molecule has 5 nitrogen and oxygen atoms in total. The van der Waals surface area contributed by atoms with Crippen molar-refractivity contribution in [2.45, 2.75) is 39.2 Å². The van der Waals surface area contributed by atoms with Crippen molar-refractivity contribution in [3.05, 3.63) is 22.2 Å². The Morgan fingerprint density at radius 1 is 1.48 bits per heavy atom. The number of morpholine rings is 1. The summed E-state index contributed by atoms with van der Waals surface area (Å²) in [5.74, 6) is -0.0588. The highest BCUT2D eigenvalue weighted by molar-refractivity contribution is 7.12. The molecule has 1 N–H and O–H groups in total. The van der Waals surface area contributed by atoms with Gasteiger partial charge in [0.2, 0.25) is 5.91 Å². The van der Waals surface area contributed by atoms with Crippen LogP contribution < -0.4 is 5.32 Å². The van der Waals surface area contributed by atoms with E-state index in [9.17, 15) is 4.79 Å². The van der Waals surface area contributed by atoms with Crippen molar-refractivity contribution in [2.75, 3.05) is 32.8 Å². The summed E-state index contributed by atoms with van der Waals surface area (Å²) < 4.78 is 5.33. The van der Waals surface area contributed by atoms with E-state index >= 15 is 0 Å². The van der Waals surface area contributed by atoms with Crippen LogP contribution in [0.1, 0.15) is 37.6 Å². The summed E-state index contributed by atoms with van der Waals surface area (Å²) in [6.07, 6.45) is 5.26. The molecule has 1 saturated heterocycles. The number of hydrogen-bond donors (Lipinski definition) is 1. The Morgan fingerprint density at radius 3 is 2.78 bits per heavy atom. The number of rotatable bonds is 5. The molecular formula is C17H27N3O2S. The number of nitrogens with zero attached hydrogens (tertiary/aromatic N) is 2. The highest BCUT2D eigenvalue weighted by Crippen LogP contribution is 2.27. The molecule has 1 amide bonds. The van der Waals surface area contributed by atoms with Crippen molar-refractivity contribution >= 4 is 23.3 Å². The minimum absolute atomic E-state index is 0.0473. The fourth-order valence-corrected chi connectivity index (χ4v) is 3.25. The molecule has 23 heavy (non-hydrogen) atoms. The van der Waals surface area contributed by atoms with Crippen LogP contribution in [-0.2, 0) is 14.9 Å². The first-order valence-electron chi connectivity index (χ1n) is 8.09. The third-order valence-corrected chi connectivity index (χ3v) is 4.98. The van der Waals surface area contributed by atoms with E-state index in [1.807, 2.05) is 19.2 Å². The normalized spacial score (nSPS) is 18.3. The molecule has 1 aromatic rings. The minimum atomic E-state index is -0.0588. The van der Waals surface area contributed by atoms with Crippen LogP contribution >= 0.6 is 11.3 Å². The SMILES string of the molecule is C[C@@H](CN1CCOCC1)NC(=O)/C=C/c1cnc(C(C)(C)C)s1. The molecule has 1 fully saturated rings. The van der Waals surface area contributed by atoms with Crippen LogP contribution in [0, 0.1) is 0 Å². The number of hydrogen-bond acceptors (Lipinski definition) is 5. The van der Waals surface area contributed by atoms with Crippen molar-refractivity contribution in [1.82, 2.24) is 15.2 Å². The van der Waals surface area contributed by atoms with Crippen molar-refractivity contribution < 1.29 is 9.53 Å². The van der Waals surface area contributed by atoms with Crippen molar-refractivity contribution in [3.8, 4) is 0 Å². The minimum Gasteiger partial charge on any atom is -0.379 e. The van der Waals surface area contributed by atoms with E-state index in [4.69, 9.17) is 4.74 Å². The number of nitrogens with one attached hydrogen (secondary N) is 1. The number of carbonyl (C=O) groups excluding carboxylic acids is 1. The van der Waals surface area contributed by atoms with Gasteiger partial charge in [-0.1, -0.05) is 20.8 Å². The van der Waals surface area contributed by atoms with E-state index in [2.05, 4.69) is 36.0 Å². The Morgan fingerprint density at radius 2 is 2.17 bits per heavy atom. The first kappa shape index (κ1) is 18.1. The lowest BCUT2D eigenvalue weighted by atomic mass is 9.98. The zero-order valence-electron chi connectivity index (χ0n) is 14.5. The maximum absolute atomic E-state index is 12.0. The van der Waals surface area contributed by atoms with Crippen molar-refractivity contribution in [1.29, 1.82) is 0 Å². The Kier molecular flexibility index (Phi) is 6.33. The summed E-state index contributed by atoms with van der Waals surface area (Å²) in [7, 11) is 0. The molecule has 0 bridgehead atoms. The second-order valence-corrected chi connectivity index (χ2v) is 8.04. The summed E-state index contributed by atoms with van der Waals surface area (Å²) in [5.41, 5.74) is 0.0473. The van der Waals surface area contributed by atoms with Gasteiger partial charge in [0.1, 0.15) is 0 Å². The highest BCUT2D eigenvalue weighted by atomic mass is 32.1. The van der Waals surface area contributed by atoms with Gasteiger partial charge in [-0.25, -0.2) is 4.98 Å². The average molecular weight is 337 g/mol. The molecule has 2 heterocycles. The fraction of sp³-hybridized carbons (Fsp3) is 0.647. The summed E-state index contributed by atoms with van der Waals surface area (Å²) in [4.78, 5) is 19.8. The molecule has 1 aliphatic rings. The number of thiazole rings is 1. The Hall–Kier alpha value is -1.24. The molecule has 6 heteroatoms. The standard InChI is InChI=1S/C17H27N3O2S/c1-13(12-20-7-9-22-10-8-20)19-15(21)6-5-14-11-18-16(23-14)17(2,3)4/h5-6,11,13H,7-10,12H2,1-4H3,(H,19,21)/b6-5+/t13-/m0/s1. The molecule has 1 aliphatic heterocycles. The highest BCUT2D eigenvalue weighted by Gasteiger charge is 2.17. The third-order valence-electron chi connectivity index (χ3n) is 3.59. The molecule has 2 rings (SSSR count). The molecule has 0 spiro atoms. The van der Waals surface area contributed by atoms with Crippen molar-refractivity contribution in [3.63, 3.8) is 0 Å². The van der Waals surface area contributed by atoms with Gasteiger partial charge in [0.25, 0.3) is 0 Å². The largest absolute Gasteiger partial charge is 0.379 e. The summed E-state index contributed by atoms with van der Waals surface area (Å²) in [6, 6.07) is 0.122. The predicted molar refractivity (Wildman–Crippen MR) is 94.7 cm³/mol. The lowest BCUT2D eigenvalue weighted by Crippen LogP contribution is -2.45. The summed E-state index contributed by atoms with van der Waals surface area (Å²) in [6.45, 7) is 12.7. The smallest absolute Gasteiger partial charge is 0.244 e. The van der Waals surface area contributed by atoms with E-state index in [-0.39, 0.29) is 17.4 Å². The Balaban J connectivity index is 1.80. The number of ether oxygens (including phenoxy) is 1. The van der Waals surface area contributed by atoms with Gasteiger partial charge >= 0.3 is 0 Å². The van der Waals surface area contributed by atoms with Crippen molar-refractivity contribution in [2.24, 2.45) is 0 Å². The second-order valence-electron chi connectivity index (χ2n) is 6.97. The molecular weight excluding hydrogens is 310 g/mol.